The lowest BCUT2D eigenvalue weighted by Gasteiger charge is -2.35. The van der Waals surface area contributed by atoms with Crippen LogP contribution < -0.4 is 10.2 Å². The number of para-hydroxylation sites is 1. The largest absolute Gasteiger partial charge is 0.369 e. The summed E-state index contributed by atoms with van der Waals surface area (Å²) in [5, 5.41) is 3.03. The summed E-state index contributed by atoms with van der Waals surface area (Å²) in [4.78, 5) is 17.0. The number of likely N-dealkylation sites (N-methyl/N-ethyl adjacent to an activating group) is 1. The van der Waals surface area contributed by atoms with Gasteiger partial charge in [-0.2, -0.15) is 0 Å². The molecule has 1 aliphatic rings. The van der Waals surface area contributed by atoms with Crippen molar-refractivity contribution in [3.05, 3.63) is 70.8 Å². The second-order valence-electron chi connectivity index (χ2n) is 7.33. The minimum Gasteiger partial charge on any atom is -0.369 e. The van der Waals surface area contributed by atoms with E-state index in [9.17, 15) is 4.79 Å². The number of piperazine rings is 1. The molecule has 2 aromatic carbocycles. The molecule has 0 atom stereocenters. The second-order valence-corrected chi connectivity index (χ2v) is 7.33. The first-order valence-electron chi connectivity index (χ1n) is 9.57. The summed E-state index contributed by atoms with van der Waals surface area (Å²) < 4.78 is 0. The highest BCUT2D eigenvalue weighted by molar-refractivity contribution is 5.92. The van der Waals surface area contributed by atoms with Gasteiger partial charge in [0, 0.05) is 44.5 Å². The fourth-order valence-corrected chi connectivity index (χ4v) is 3.44. The zero-order chi connectivity index (χ0) is 19.2. The lowest BCUT2D eigenvalue weighted by atomic mass is 10.1. The Morgan fingerprint density at radius 2 is 1.81 bits per heavy atom. The highest BCUT2D eigenvalue weighted by atomic mass is 16.1. The van der Waals surface area contributed by atoms with Crippen LogP contribution in [0.15, 0.2) is 48.5 Å². The van der Waals surface area contributed by atoms with Gasteiger partial charge in [0.15, 0.2) is 0 Å². The van der Waals surface area contributed by atoms with Gasteiger partial charge in [-0.1, -0.05) is 42.0 Å². The molecule has 0 radical (unpaired) electrons. The normalized spacial score (nSPS) is 15.3. The second kappa shape index (κ2) is 8.87. The van der Waals surface area contributed by atoms with Crippen LogP contribution in [-0.2, 0) is 11.3 Å². The van der Waals surface area contributed by atoms with E-state index in [1.165, 1.54) is 16.8 Å². The molecule has 0 saturated carbocycles. The van der Waals surface area contributed by atoms with E-state index < -0.39 is 0 Å². The Morgan fingerprint density at radius 3 is 2.56 bits per heavy atom. The molecule has 0 aromatic heterocycles. The van der Waals surface area contributed by atoms with Crippen LogP contribution in [0.5, 0.6) is 0 Å². The van der Waals surface area contributed by atoms with Crippen LogP contribution in [0.1, 0.15) is 22.3 Å². The molecule has 0 spiro atoms. The van der Waals surface area contributed by atoms with Crippen LogP contribution >= 0.6 is 0 Å². The van der Waals surface area contributed by atoms with Crippen molar-refractivity contribution in [3.8, 4) is 0 Å². The Kier molecular flexibility index (Phi) is 6.30. The van der Waals surface area contributed by atoms with Crippen molar-refractivity contribution in [3.63, 3.8) is 0 Å². The predicted octanol–water partition coefficient (Wildman–Crippen LogP) is 3.38. The van der Waals surface area contributed by atoms with Crippen molar-refractivity contribution in [1.29, 1.82) is 0 Å². The number of anilines is 1. The van der Waals surface area contributed by atoms with E-state index in [2.05, 4.69) is 72.4 Å². The number of rotatable bonds is 5. The topological polar surface area (TPSA) is 35.6 Å². The molecule has 4 nitrogen and oxygen atoms in total. The molecule has 0 bridgehead atoms. The van der Waals surface area contributed by atoms with Crippen LogP contribution in [-0.4, -0.2) is 44.0 Å². The van der Waals surface area contributed by atoms with Crippen LogP contribution in [0.25, 0.3) is 6.08 Å². The SMILES string of the molecule is Cc1ccc(/C=C/C(=O)NCc2ccccc2N2CCN(C)CC2)c(C)c1. The minimum atomic E-state index is -0.0665. The molecule has 0 aliphatic carbocycles. The van der Waals surface area contributed by atoms with Crippen LogP contribution in [0.4, 0.5) is 5.69 Å². The zero-order valence-corrected chi connectivity index (χ0v) is 16.5. The molecule has 4 heteroatoms. The lowest BCUT2D eigenvalue weighted by Crippen LogP contribution is -2.45. The maximum atomic E-state index is 12.3. The van der Waals surface area contributed by atoms with E-state index in [-0.39, 0.29) is 5.91 Å². The molecule has 1 fully saturated rings. The number of nitrogens with zero attached hydrogens (tertiary/aromatic N) is 2. The first-order chi connectivity index (χ1) is 13.0. The quantitative estimate of drug-likeness (QED) is 0.827. The summed E-state index contributed by atoms with van der Waals surface area (Å²) in [6, 6.07) is 14.6. The number of nitrogens with one attached hydrogen (secondary N) is 1. The van der Waals surface area contributed by atoms with Gasteiger partial charge in [0.25, 0.3) is 0 Å². The van der Waals surface area contributed by atoms with Gasteiger partial charge in [0.1, 0.15) is 0 Å². The third-order valence-electron chi connectivity index (χ3n) is 5.13. The number of aryl methyl sites for hydroxylation is 2. The highest BCUT2D eigenvalue weighted by Crippen LogP contribution is 2.21. The van der Waals surface area contributed by atoms with E-state index in [0.29, 0.717) is 6.54 Å². The summed E-state index contributed by atoms with van der Waals surface area (Å²) in [5.41, 5.74) is 5.88. The highest BCUT2D eigenvalue weighted by Gasteiger charge is 2.16. The van der Waals surface area contributed by atoms with E-state index in [0.717, 1.165) is 37.3 Å². The molecule has 1 N–H and O–H groups in total. The molecule has 142 valence electrons. The molecule has 1 aliphatic heterocycles. The summed E-state index contributed by atoms with van der Waals surface area (Å²) >= 11 is 0. The average Bonchev–Trinajstić information content (AvgIpc) is 2.66. The van der Waals surface area contributed by atoms with Gasteiger partial charge in [-0.05, 0) is 49.7 Å². The van der Waals surface area contributed by atoms with Gasteiger partial charge in [0.05, 0.1) is 0 Å². The van der Waals surface area contributed by atoms with E-state index in [4.69, 9.17) is 0 Å². The first kappa shape index (κ1) is 19.2. The molecule has 1 saturated heterocycles. The molecular formula is C23H29N3O. The molecule has 27 heavy (non-hydrogen) atoms. The van der Waals surface area contributed by atoms with Gasteiger partial charge in [-0.3, -0.25) is 4.79 Å². The standard InChI is InChI=1S/C23H29N3O/c1-18-8-9-20(19(2)16-18)10-11-23(27)24-17-21-6-4-5-7-22(21)26-14-12-25(3)13-15-26/h4-11,16H,12-15,17H2,1-3H3,(H,24,27)/b11-10+. The Balaban J connectivity index is 1.61. The van der Waals surface area contributed by atoms with Gasteiger partial charge in [0.2, 0.25) is 5.91 Å². The van der Waals surface area contributed by atoms with E-state index >= 15 is 0 Å². The van der Waals surface area contributed by atoms with Gasteiger partial charge >= 0.3 is 0 Å². The molecule has 3 rings (SSSR count). The smallest absolute Gasteiger partial charge is 0.244 e. The van der Waals surface area contributed by atoms with Crippen molar-refractivity contribution >= 4 is 17.7 Å². The number of hydrogen-bond donors (Lipinski definition) is 1. The molecule has 0 unspecified atom stereocenters. The molecule has 2 aromatic rings. The zero-order valence-electron chi connectivity index (χ0n) is 16.5. The average molecular weight is 364 g/mol. The predicted molar refractivity (Wildman–Crippen MR) is 113 cm³/mol. The van der Waals surface area contributed by atoms with Crippen molar-refractivity contribution in [2.45, 2.75) is 20.4 Å². The molecular weight excluding hydrogens is 334 g/mol. The van der Waals surface area contributed by atoms with Crippen molar-refractivity contribution in [2.24, 2.45) is 0 Å². The first-order valence-corrected chi connectivity index (χ1v) is 9.57. The monoisotopic (exact) mass is 363 g/mol. The number of carbonyl (C=O) groups is 1. The number of benzene rings is 2. The molecule has 1 amide bonds. The van der Waals surface area contributed by atoms with Crippen LogP contribution in [0.3, 0.4) is 0 Å². The lowest BCUT2D eigenvalue weighted by molar-refractivity contribution is -0.116. The van der Waals surface area contributed by atoms with Gasteiger partial charge in [-0.15, -0.1) is 0 Å². The fourth-order valence-electron chi connectivity index (χ4n) is 3.44. The Morgan fingerprint density at radius 1 is 1.07 bits per heavy atom. The summed E-state index contributed by atoms with van der Waals surface area (Å²) in [7, 11) is 2.16. The van der Waals surface area contributed by atoms with Crippen molar-refractivity contribution < 1.29 is 4.79 Å². The van der Waals surface area contributed by atoms with E-state index in [1.807, 2.05) is 12.1 Å². The van der Waals surface area contributed by atoms with Crippen LogP contribution in [0.2, 0.25) is 0 Å². The Hall–Kier alpha value is -2.59. The van der Waals surface area contributed by atoms with Gasteiger partial charge in [-0.25, -0.2) is 0 Å². The number of hydrogen-bond acceptors (Lipinski definition) is 3. The summed E-state index contributed by atoms with van der Waals surface area (Å²) in [6.07, 6.45) is 3.51. The summed E-state index contributed by atoms with van der Waals surface area (Å²) in [5.74, 6) is -0.0665. The maximum Gasteiger partial charge on any atom is 0.244 e. The fraction of sp³-hybridized carbons (Fsp3) is 0.348. The van der Waals surface area contributed by atoms with Crippen LogP contribution in [0, 0.1) is 13.8 Å². The maximum absolute atomic E-state index is 12.3. The van der Waals surface area contributed by atoms with Gasteiger partial charge < -0.3 is 15.1 Å². The number of carbonyl (C=O) groups excluding carboxylic acids is 1. The van der Waals surface area contributed by atoms with E-state index in [1.54, 1.807) is 6.08 Å². The van der Waals surface area contributed by atoms with Crippen molar-refractivity contribution in [1.82, 2.24) is 10.2 Å². The molecule has 1 heterocycles. The third kappa shape index (κ3) is 5.20. The minimum absolute atomic E-state index is 0.0665. The Labute approximate surface area is 162 Å². The van der Waals surface area contributed by atoms with Crippen molar-refractivity contribution in [2.75, 3.05) is 38.1 Å². The summed E-state index contributed by atoms with van der Waals surface area (Å²) in [6.45, 7) is 8.86. The third-order valence-corrected chi connectivity index (χ3v) is 5.13. The Bertz CT molecular complexity index is 820. The number of amides is 1.